The van der Waals surface area contributed by atoms with Gasteiger partial charge in [0.1, 0.15) is 5.82 Å². The number of nitrogens with zero attached hydrogens (tertiary/aromatic N) is 2. The van der Waals surface area contributed by atoms with E-state index in [4.69, 9.17) is 0 Å². The summed E-state index contributed by atoms with van der Waals surface area (Å²) in [5, 5.41) is 5.96. The SMILES string of the molecule is CCNc1ncccc1Cn1ccc2sccc2c1=O. The van der Waals surface area contributed by atoms with Crippen LogP contribution in [0, 0.1) is 0 Å². The van der Waals surface area contributed by atoms with E-state index >= 15 is 0 Å². The Balaban J connectivity index is 2.01. The van der Waals surface area contributed by atoms with Crippen molar-refractivity contribution in [2.45, 2.75) is 13.5 Å². The minimum Gasteiger partial charge on any atom is -0.370 e. The van der Waals surface area contributed by atoms with Crippen molar-refractivity contribution in [3.8, 4) is 0 Å². The molecule has 0 aliphatic heterocycles. The molecule has 3 heterocycles. The average molecular weight is 285 g/mol. The molecule has 0 bridgehead atoms. The number of rotatable bonds is 4. The largest absolute Gasteiger partial charge is 0.370 e. The van der Waals surface area contributed by atoms with Gasteiger partial charge in [-0.25, -0.2) is 4.98 Å². The van der Waals surface area contributed by atoms with Crippen LogP contribution in [0.5, 0.6) is 0 Å². The Labute approximate surface area is 120 Å². The van der Waals surface area contributed by atoms with Gasteiger partial charge in [0.15, 0.2) is 0 Å². The molecule has 0 aliphatic rings. The fourth-order valence-corrected chi connectivity index (χ4v) is 2.98. The molecule has 0 aromatic carbocycles. The molecule has 0 atom stereocenters. The maximum absolute atomic E-state index is 12.4. The van der Waals surface area contributed by atoms with E-state index in [1.807, 2.05) is 42.8 Å². The summed E-state index contributed by atoms with van der Waals surface area (Å²) >= 11 is 1.59. The summed E-state index contributed by atoms with van der Waals surface area (Å²) in [6.45, 7) is 3.37. The lowest BCUT2D eigenvalue weighted by molar-refractivity contribution is 0.766. The van der Waals surface area contributed by atoms with Crippen LogP contribution in [0.3, 0.4) is 0 Å². The predicted octanol–water partition coefficient (Wildman–Crippen LogP) is 2.94. The second-order valence-corrected chi connectivity index (χ2v) is 5.44. The van der Waals surface area contributed by atoms with Crippen molar-refractivity contribution in [3.05, 3.63) is 58.0 Å². The Hall–Kier alpha value is -2.14. The third kappa shape index (κ3) is 2.32. The molecule has 0 saturated carbocycles. The molecule has 0 amide bonds. The van der Waals surface area contributed by atoms with Gasteiger partial charge in [-0.05, 0) is 30.5 Å². The summed E-state index contributed by atoms with van der Waals surface area (Å²) in [5.41, 5.74) is 1.07. The molecule has 102 valence electrons. The highest BCUT2D eigenvalue weighted by molar-refractivity contribution is 7.17. The van der Waals surface area contributed by atoms with Gasteiger partial charge in [0, 0.05) is 29.2 Å². The lowest BCUT2D eigenvalue weighted by atomic mass is 10.2. The van der Waals surface area contributed by atoms with Crippen molar-refractivity contribution in [2.24, 2.45) is 0 Å². The second-order valence-electron chi connectivity index (χ2n) is 4.49. The Morgan fingerprint density at radius 1 is 1.35 bits per heavy atom. The predicted molar refractivity (Wildman–Crippen MR) is 83.6 cm³/mol. The third-order valence-electron chi connectivity index (χ3n) is 3.17. The molecule has 3 aromatic rings. The molecule has 20 heavy (non-hydrogen) atoms. The first kappa shape index (κ1) is 12.9. The van der Waals surface area contributed by atoms with Crippen LogP contribution in [0.15, 0.2) is 46.8 Å². The zero-order chi connectivity index (χ0) is 13.9. The molecular weight excluding hydrogens is 270 g/mol. The summed E-state index contributed by atoms with van der Waals surface area (Å²) in [4.78, 5) is 16.7. The standard InChI is InChI=1S/C15H15N3OS/c1-2-16-14-11(4-3-7-17-14)10-18-8-5-13-12(15(18)19)6-9-20-13/h3-9H,2,10H2,1H3,(H,16,17). The van der Waals surface area contributed by atoms with Gasteiger partial charge in [-0.3, -0.25) is 4.79 Å². The number of anilines is 1. The van der Waals surface area contributed by atoms with Gasteiger partial charge in [0.2, 0.25) is 0 Å². The highest BCUT2D eigenvalue weighted by Crippen LogP contribution is 2.17. The van der Waals surface area contributed by atoms with Gasteiger partial charge in [-0.2, -0.15) is 0 Å². The smallest absolute Gasteiger partial charge is 0.259 e. The fraction of sp³-hybridized carbons (Fsp3) is 0.200. The van der Waals surface area contributed by atoms with Gasteiger partial charge in [-0.15, -0.1) is 11.3 Å². The minimum absolute atomic E-state index is 0.0510. The van der Waals surface area contributed by atoms with Crippen molar-refractivity contribution in [3.63, 3.8) is 0 Å². The summed E-state index contributed by atoms with van der Waals surface area (Å²) in [5.74, 6) is 0.840. The van der Waals surface area contributed by atoms with Crippen LogP contribution in [0.2, 0.25) is 0 Å². The Morgan fingerprint density at radius 2 is 2.25 bits per heavy atom. The first-order valence-electron chi connectivity index (χ1n) is 6.54. The molecule has 0 fully saturated rings. The summed E-state index contributed by atoms with van der Waals surface area (Å²) in [6, 6.07) is 7.76. The zero-order valence-corrected chi connectivity index (χ0v) is 12.0. The lowest BCUT2D eigenvalue weighted by Crippen LogP contribution is -2.20. The summed E-state index contributed by atoms with van der Waals surface area (Å²) < 4.78 is 2.76. The molecular formula is C15H15N3OS. The quantitative estimate of drug-likeness (QED) is 0.801. The molecule has 0 spiro atoms. The Bertz CT molecular complexity index is 791. The molecule has 3 rings (SSSR count). The summed E-state index contributed by atoms with van der Waals surface area (Å²) in [6.07, 6.45) is 3.61. The van der Waals surface area contributed by atoms with E-state index in [0.717, 1.165) is 28.0 Å². The minimum atomic E-state index is 0.0510. The fourth-order valence-electron chi connectivity index (χ4n) is 2.21. The number of fused-ring (bicyclic) bond motifs is 1. The number of aromatic nitrogens is 2. The van der Waals surface area contributed by atoms with E-state index in [2.05, 4.69) is 10.3 Å². The van der Waals surface area contributed by atoms with Crippen LogP contribution in [-0.2, 0) is 6.54 Å². The van der Waals surface area contributed by atoms with Gasteiger partial charge in [0.25, 0.3) is 5.56 Å². The first-order valence-corrected chi connectivity index (χ1v) is 7.42. The number of pyridine rings is 2. The van der Waals surface area contributed by atoms with Crippen LogP contribution in [-0.4, -0.2) is 16.1 Å². The topological polar surface area (TPSA) is 46.9 Å². The Morgan fingerprint density at radius 3 is 3.10 bits per heavy atom. The van der Waals surface area contributed by atoms with Gasteiger partial charge in [0.05, 0.1) is 11.9 Å². The monoisotopic (exact) mass is 285 g/mol. The molecule has 1 N–H and O–H groups in total. The van der Waals surface area contributed by atoms with Crippen LogP contribution >= 0.6 is 11.3 Å². The summed E-state index contributed by atoms with van der Waals surface area (Å²) in [7, 11) is 0. The normalized spacial score (nSPS) is 10.8. The van der Waals surface area contributed by atoms with Crippen molar-refractivity contribution in [2.75, 3.05) is 11.9 Å². The van der Waals surface area contributed by atoms with Crippen molar-refractivity contribution < 1.29 is 0 Å². The van der Waals surface area contributed by atoms with E-state index in [1.165, 1.54) is 0 Å². The van der Waals surface area contributed by atoms with E-state index in [9.17, 15) is 4.79 Å². The van der Waals surface area contributed by atoms with E-state index in [1.54, 1.807) is 22.1 Å². The van der Waals surface area contributed by atoms with Crippen molar-refractivity contribution in [1.29, 1.82) is 0 Å². The highest BCUT2D eigenvalue weighted by Gasteiger charge is 2.07. The molecule has 0 saturated heterocycles. The van der Waals surface area contributed by atoms with Crippen LogP contribution in [0.4, 0.5) is 5.82 Å². The van der Waals surface area contributed by atoms with Crippen LogP contribution in [0.25, 0.3) is 10.1 Å². The number of hydrogen-bond acceptors (Lipinski definition) is 4. The van der Waals surface area contributed by atoms with Gasteiger partial charge >= 0.3 is 0 Å². The average Bonchev–Trinajstić information content (AvgIpc) is 2.93. The maximum atomic E-state index is 12.4. The lowest BCUT2D eigenvalue weighted by Gasteiger charge is -2.11. The zero-order valence-electron chi connectivity index (χ0n) is 11.2. The number of hydrogen-bond donors (Lipinski definition) is 1. The van der Waals surface area contributed by atoms with Gasteiger partial charge < -0.3 is 9.88 Å². The van der Waals surface area contributed by atoms with Crippen LogP contribution in [0.1, 0.15) is 12.5 Å². The maximum Gasteiger partial charge on any atom is 0.259 e. The van der Waals surface area contributed by atoms with E-state index in [0.29, 0.717) is 6.54 Å². The third-order valence-corrected chi connectivity index (χ3v) is 4.05. The molecule has 5 heteroatoms. The van der Waals surface area contributed by atoms with Crippen LogP contribution < -0.4 is 10.9 Å². The highest BCUT2D eigenvalue weighted by atomic mass is 32.1. The molecule has 0 aliphatic carbocycles. The first-order chi connectivity index (χ1) is 9.79. The number of thiophene rings is 1. The molecule has 3 aromatic heterocycles. The molecule has 0 radical (unpaired) electrons. The van der Waals surface area contributed by atoms with E-state index < -0.39 is 0 Å². The van der Waals surface area contributed by atoms with Crippen molar-refractivity contribution in [1.82, 2.24) is 9.55 Å². The molecule has 0 unspecified atom stereocenters. The molecule has 4 nitrogen and oxygen atoms in total. The Kier molecular flexibility index (Phi) is 3.52. The van der Waals surface area contributed by atoms with E-state index in [-0.39, 0.29) is 5.56 Å². The number of nitrogens with one attached hydrogen (secondary N) is 1. The van der Waals surface area contributed by atoms with Gasteiger partial charge in [-0.1, -0.05) is 6.07 Å². The van der Waals surface area contributed by atoms with Crippen molar-refractivity contribution >= 4 is 27.2 Å². The second kappa shape index (κ2) is 5.46.